The van der Waals surface area contributed by atoms with Crippen LogP contribution in [-0.4, -0.2) is 39.4 Å². The standard InChI is InChI=1S/C20H22FN3O3/c1-26-18-12-17(24-9-3-4-10-24)19(27-2)11-15(18)13-22-23-20(25)14-5-7-16(21)8-6-14/h5-8,11-13H,3-4,9-10H2,1-2H3,(H,23,25)/b22-13-. The van der Waals surface area contributed by atoms with Gasteiger partial charge in [-0.15, -0.1) is 0 Å². The smallest absolute Gasteiger partial charge is 0.271 e. The second-order valence-corrected chi connectivity index (χ2v) is 6.17. The molecule has 3 rings (SSSR count). The molecule has 1 fully saturated rings. The lowest BCUT2D eigenvalue weighted by Gasteiger charge is -2.22. The van der Waals surface area contributed by atoms with E-state index in [1.54, 1.807) is 14.2 Å². The lowest BCUT2D eigenvalue weighted by Crippen LogP contribution is -2.19. The number of methoxy groups -OCH3 is 2. The highest BCUT2D eigenvalue weighted by atomic mass is 19.1. The molecule has 0 atom stereocenters. The van der Waals surface area contributed by atoms with Crippen molar-refractivity contribution in [2.45, 2.75) is 12.8 Å². The molecule has 1 saturated heterocycles. The van der Waals surface area contributed by atoms with E-state index in [4.69, 9.17) is 9.47 Å². The van der Waals surface area contributed by atoms with E-state index in [1.165, 1.54) is 30.5 Å². The van der Waals surface area contributed by atoms with E-state index in [1.807, 2.05) is 12.1 Å². The van der Waals surface area contributed by atoms with Crippen LogP contribution in [0.2, 0.25) is 0 Å². The van der Waals surface area contributed by atoms with E-state index in [0.29, 0.717) is 16.9 Å². The third-order valence-electron chi connectivity index (χ3n) is 4.45. The van der Waals surface area contributed by atoms with Crippen LogP contribution < -0.4 is 19.8 Å². The highest BCUT2D eigenvalue weighted by Gasteiger charge is 2.19. The number of carbonyl (C=O) groups excluding carboxylic acids is 1. The number of anilines is 1. The molecule has 0 unspecified atom stereocenters. The minimum atomic E-state index is -0.425. The summed E-state index contributed by atoms with van der Waals surface area (Å²) < 4.78 is 23.9. The summed E-state index contributed by atoms with van der Waals surface area (Å²) in [5.74, 6) is 0.539. The van der Waals surface area contributed by atoms with Crippen LogP contribution in [-0.2, 0) is 0 Å². The number of nitrogens with one attached hydrogen (secondary N) is 1. The molecule has 0 spiro atoms. The Morgan fingerprint density at radius 3 is 2.41 bits per heavy atom. The lowest BCUT2D eigenvalue weighted by molar-refractivity contribution is 0.0955. The van der Waals surface area contributed by atoms with Crippen LogP contribution in [0.25, 0.3) is 0 Å². The van der Waals surface area contributed by atoms with Gasteiger partial charge >= 0.3 is 0 Å². The molecule has 0 bridgehead atoms. The number of hydrogen-bond donors (Lipinski definition) is 1. The summed E-state index contributed by atoms with van der Waals surface area (Å²) in [6, 6.07) is 9.00. The molecule has 0 radical (unpaired) electrons. The average molecular weight is 371 g/mol. The van der Waals surface area contributed by atoms with Crippen molar-refractivity contribution in [2.75, 3.05) is 32.2 Å². The number of hydrogen-bond acceptors (Lipinski definition) is 5. The maximum absolute atomic E-state index is 12.9. The second kappa shape index (κ2) is 8.53. The molecule has 27 heavy (non-hydrogen) atoms. The molecule has 2 aromatic rings. The minimum absolute atomic E-state index is 0.322. The Hall–Kier alpha value is -3.09. The highest BCUT2D eigenvalue weighted by molar-refractivity contribution is 5.95. The predicted molar refractivity (Wildman–Crippen MR) is 102 cm³/mol. The zero-order valence-electron chi connectivity index (χ0n) is 15.4. The molecule has 142 valence electrons. The third kappa shape index (κ3) is 4.36. The summed E-state index contributed by atoms with van der Waals surface area (Å²) in [7, 11) is 3.21. The Bertz CT molecular complexity index is 831. The van der Waals surface area contributed by atoms with Crippen molar-refractivity contribution >= 4 is 17.8 Å². The quantitative estimate of drug-likeness (QED) is 0.626. The molecule has 1 heterocycles. The van der Waals surface area contributed by atoms with Gasteiger partial charge in [-0.25, -0.2) is 9.82 Å². The van der Waals surface area contributed by atoms with Crippen LogP contribution in [0.5, 0.6) is 11.5 Å². The number of nitrogens with zero attached hydrogens (tertiary/aromatic N) is 2. The SMILES string of the molecule is COc1cc(N2CCCC2)c(OC)cc1/C=N\NC(=O)c1ccc(F)cc1. The van der Waals surface area contributed by atoms with Gasteiger partial charge in [0.15, 0.2) is 0 Å². The van der Waals surface area contributed by atoms with E-state index in [0.717, 1.165) is 37.4 Å². The highest BCUT2D eigenvalue weighted by Crippen LogP contribution is 2.36. The number of amides is 1. The van der Waals surface area contributed by atoms with Crippen molar-refractivity contribution in [3.05, 3.63) is 53.3 Å². The summed E-state index contributed by atoms with van der Waals surface area (Å²) in [5.41, 5.74) is 4.41. The zero-order chi connectivity index (χ0) is 19.2. The molecular weight excluding hydrogens is 349 g/mol. The van der Waals surface area contributed by atoms with Gasteiger partial charge < -0.3 is 14.4 Å². The first-order valence-corrected chi connectivity index (χ1v) is 8.72. The van der Waals surface area contributed by atoms with E-state index < -0.39 is 11.7 Å². The van der Waals surface area contributed by atoms with Crippen LogP contribution in [0.4, 0.5) is 10.1 Å². The molecule has 1 amide bonds. The first kappa shape index (κ1) is 18.7. The maximum Gasteiger partial charge on any atom is 0.271 e. The van der Waals surface area contributed by atoms with Gasteiger partial charge in [0.25, 0.3) is 5.91 Å². The summed E-state index contributed by atoms with van der Waals surface area (Å²) in [6.45, 7) is 1.97. The molecule has 6 nitrogen and oxygen atoms in total. The van der Waals surface area contributed by atoms with E-state index in [-0.39, 0.29) is 0 Å². The fourth-order valence-corrected chi connectivity index (χ4v) is 3.04. The van der Waals surface area contributed by atoms with E-state index >= 15 is 0 Å². The average Bonchev–Trinajstić information content (AvgIpc) is 3.22. The molecule has 1 N–H and O–H groups in total. The van der Waals surface area contributed by atoms with Crippen LogP contribution in [0, 0.1) is 5.82 Å². The maximum atomic E-state index is 12.9. The van der Waals surface area contributed by atoms with Gasteiger partial charge in [0.05, 0.1) is 26.1 Å². The zero-order valence-corrected chi connectivity index (χ0v) is 15.4. The molecule has 2 aromatic carbocycles. The Morgan fingerprint density at radius 1 is 1.11 bits per heavy atom. The molecule has 1 aliphatic heterocycles. The topological polar surface area (TPSA) is 63.2 Å². The molecule has 1 aliphatic rings. The second-order valence-electron chi connectivity index (χ2n) is 6.17. The first-order chi connectivity index (χ1) is 13.1. The number of ether oxygens (including phenoxy) is 2. The molecule has 7 heteroatoms. The van der Waals surface area contributed by atoms with Crippen LogP contribution >= 0.6 is 0 Å². The summed E-state index contributed by atoms with van der Waals surface area (Å²) in [6.07, 6.45) is 3.81. The monoisotopic (exact) mass is 371 g/mol. The predicted octanol–water partition coefficient (Wildman–Crippen LogP) is 3.21. The molecular formula is C20H22FN3O3. The van der Waals surface area contributed by atoms with E-state index in [9.17, 15) is 9.18 Å². The Balaban J connectivity index is 1.77. The fraction of sp³-hybridized carbons (Fsp3) is 0.300. The first-order valence-electron chi connectivity index (χ1n) is 8.72. The van der Waals surface area contributed by atoms with Crippen LogP contribution in [0.1, 0.15) is 28.8 Å². The number of benzene rings is 2. The summed E-state index contributed by atoms with van der Waals surface area (Å²) in [4.78, 5) is 14.3. The summed E-state index contributed by atoms with van der Waals surface area (Å²) >= 11 is 0. The van der Waals surface area contributed by atoms with Gasteiger partial charge in [0.1, 0.15) is 17.3 Å². The van der Waals surface area contributed by atoms with Gasteiger partial charge in [-0.2, -0.15) is 5.10 Å². The Labute approximate surface area is 157 Å². The van der Waals surface area contributed by atoms with Crippen molar-refractivity contribution in [3.8, 4) is 11.5 Å². The van der Waals surface area contributed by atoms with Crippen molar-refractivity contribution in [1.82, 2.24) is 5.43 Å². The van der Waals surface area contributed by atoms with Gasteiger partial charge in [0.2, 0.25) is 0 Å². The Kier molecular flexibility index (Phi) is 5.90. The number of hydrazone groups is 1. The van der Waals surface area contributed by atoms with Crippen LogP contribution in [0.3, 0.4) is 0 Å². The Morgan fingerprint density at radius 2 is 1.78 bits per heavy atom. The molecule has 0 aliphatic carbocycles. The van der Waals surface area contributed by atoms with Gasteiger partial charge in [0, 0.05) is 30.3 Å². The van der Waals surface area contributed by atoms with Crippen molar-refractivity contribution in [3.63, 3.8) is 0 Å². The lowest BCUT2D eigenvalue weighted by atomic mass is 10.1. The van der Waals surface area contributed by atoms with Gasteiger partial charge in [-0.3, -0.25) is 4.79 Å². The van der Waals surface area contributed by atoms with Gasteiger partial charge in [-0.05, 0) is 43.2 Å². The van der Waals surface area contributed by atoms with E-state index in [2.05, 4.69) is 15.4 Å². The van der Waals surface area contributed by atoms with Crippen molar-refractivity contribution in [2.24, 2.45) is 5.10 Å². The largest absolute Gasteiger partial charge is 0.496 e. The van der Waals surface area contributed by atoms with Crippen molar-refractivity contribution < 1.29 is 18.7 Å². The molecule has 0 saturated carbocycles. The van der Waals surface area contributed by atoms with Gasteiger partial charge in [-0.1, -0.05) is 0 Å². The fourth-order valence-electron chi connectivity index (χ4n) is 3.04. The molecule has 0 aromatic heterocycles. The van der Waals surface area contributed by atoms with Crippen molar-refractivity contribution in [1.29, 1.82) is 0 Å². The number of carbonyl (C=O) groups is 1. The third-order valence-corrected chi connectivity index (χ3v) is 4.45. The summed E-state index contributed by atoms with van der Waals surface area (Å²) in [5, 5.41) is 3.98. The minimum Gasteiger partial charge on any atom is -0.496 e. The van der Waals surface area contributed by atoms with Crippen LogP contribution in [0.15, 0.2) is 41.5 Å². The number of rotatable bonds is 6. The number of halogens is 1. The normalized spacial score (nSPS) is 13.8.